The Morgan fingerprint density at radius 3 is 2.48 bits per heavy atom. The summed E-state index contributed by atoms with van der Waals surface area (Å²) in [6.07, 6.45) is 0.0513. The number of pyridine rings is 1. The van der Waals surface area contributed by atoms with Crippen molar-refractivity contribution in [1.29, 1.82) is 0 Å². The molecular formula is C15H12Cl2N2O4. The van der Waals surface area contributed by atoms with Crippen LogP contribution in [0.4, 0.5) is 5.69 Å². The van der Waals surface area contributed by atoms with Gasteiger partial charge in [0.25, 0.3) is 5.91 Å². The molecule has 1 heterocycles. The summed E-state index contributed by atoms with van der Waals surface area (Å²) in [6, 6.07) is 8.82. The Morgan fingerprint density at radius 1 is 1.22 bits per heavy atom. The second kappa shape index (κ2) is 7.30. The molecule has 8 heteroatoms. The molecule has 1 N–H and O–H groups in total. The number of amides is 1. The molecule has 0 bridgehead atoms. The number of aromatic nitrogens is 1. The normalized spacial score (nSPS) is 11.6. The number of nitrogens with zero attached hydrogens (tertiary/aromatic N) is 1. The minimum Gasteiger partial charge on any atom is -0.618 e. The highest BCUT2D eigenvalue weighted by atomic mass is 35.5. The summed E-state index contributed by atoms with van der Waals surface area (Å²) in [4.78, 5) is 23.9. The van der Waals surface area contributed by atoms with E-state index in [1.165, 1.54) is 43.3 Å². The number of rotatable bonds is 4. The largest absolute Gasteiger partial charge is 0.618 e. The Hall–Kier alpha value is -2.31. The topological polar surface area (TPSA) is 82.3 Å². The molecule has 23 heavy (non-hydrogen) atoms. The molecular weight excluding hydrogens is 343 g/mol. The molecule has 0 aliphatic rings. The van der Waals surface area contributed by atoms with Crippen molar-refractivity contribution >= 4 is 40.8 Å². The smallest absolute Gasteiger partial charge is 0.405 e. The van der Waals surface area contributed by atoms with Gasteiger partial charge >= 0.3 is 11.7 Å². The monoisotopic (exact) mass is 354 g/mol. The van der Waals surface area contributed by atoms with Crippen molar-refractivity contribution < 1.29 is 19.1 Å². The molecule has 2 rings (SSSR count). The summed E-state index contributed by atoms with van der Waals surface area (Å²) in [6.45, 7) is 1.39. The third-order valence-corrected chi connectivity index (χ3v) is 3.25. The minimum absolute atomic E-state index is 0.210. The Balaban J connectivity index is 2.02. The van der Waals surface area contributed by atoms with Crippen molar-refractivity contribution in [3.05, 3.63) is 63.5 Å². The van der Waals surface area contributed by atoms with Crippen LogP contribution in [0.3, 0.4) is 0 Å². The Bertz CT molecular complexity index is 732. The zero-order valence-corrected chi connectivity index (χ0v) is 13.5. The van der Waals surface area contributed by atoms with E-state index >= 15 is 0 Å². The van der Waals surface area contributed by atoms with Gasteiger partial charge in [-0.15, -0.1) is 0 Å². The highest BCUT2D eigenvalue weighted by Crippen LogP contribution is 2.22. The summed E-state index contributed by atoms with van der Waals surface area (Å²) in [5, 5.41) is 14.7. The first-order valence-electron chi connectivity index (χ1n) is 6.53. The van der Waals surface area contributed by atoms with E-state index in [1.54, 1.807) is 0 Å². The van der Waals surface area contributed by atoms with E-state index < -0.39 is 18.0 Å². The maximum atomic E-state index is 12.0. The van der Waals surface area contributed by atoms with E-state index in [4.69, 9.17) is 27.9 Å². The summed E-state index contributed by atoms with van der Waals surface area (Å²) >= 11 is 11.7. The maximum absolute atomic E-state index is 12.0. The van der Waals surface area contributed by atoms with Crippen LogP contribution in [-0.4, -0.2) is 18.0 Å². The van der Waals surface area contributed by atoms with Gasteiger partial charge in [-0.2, -0.15) is 4.73 Å². The van der Waals surface area contributed by atoms with Gasteiger partial charge < -0.3 is 15.3 Å². The molecule has 0 aliphatic carbocycles. The highest BCUT2D eigenvalue weighted by Gasteiger charge is 2.23. The number of carbonyl (C=O) groups is 2. The van der Waals surface area contributed by atoms with Crippen LogP contribution in [0.2, 0.25) is 10.0 Å². The highest BCUT2D eigenvalue weighted by molar-refractivity contribution is 6.35. The summed E-state index contributed by atoms with van der Waals surface area (Å²) in [5.41, 5.74) is 0.159. The number of hydrogen-bond donors (Lipinski definition) is 1. The van der Waals surface area contributed by atoms with E-state index in [0.717, 1.165) is 6.20 Å². The van der Waals surface area contributed by atoms with Crippen LogP contribution in [0.1, 0.15) is 17.4 Å². The van der Waals surface area contributed by atoms with Gasteiger partial charge in [-0.05, 0) is 31.2 Å². The first-order valence-corrected chi connectivity index (χ1v) is 7.28. The van der Waals surface area contributed by atoms with E-state index in [1.807, 2.05) is 0 Å². The molecule has 0 aliphatic heterocycles. The molecule has 0 fully saturated rings. The summed E-state index contributed by atoms with van der Waals surface area (Å²) in [7, 11) is 0. The van der Waals surface area contributed by atoms with Gasteiger partial charge in [0.05, 0.1) is 0 Å². The van der Waals surface area contributed by atoms with E-state index in [9.17, 15) is 14.8 Å². The SMILES string of the molecule is C[C@@H](OC(=O)c1cccc[n+]1[O-])C(=O)Nc1cc(Cl)cc(Cl)c1. The fourth-order valence-electron chi connectivity index (χ4n) is 1.73. The third kappa shape index (κ3) is 4.58. The quantitative estimate of drug-likeness (QED) is 0.519. The Morgan fingerprint density at radius 2 is 1.87 bits per heavy atom. The van der Waals surface area contributed by atoms with Crippen molar-refractivity contribution in [2.24, 2.45) is 0 Å². The zero-order valence-electron chi connectivity index (χ0n) is 12.0. The molecule has 0 spiro atoms. The zero-order chi connectivity index (χ0) is 17.0. The molecule has 1 atom stereocenters. The molecule has 0 saturated carbocycles. The Labute approximate surface area is 142 Å². The number of hydrogen-bond acceptors (Lipinski definition) is 4. The minimum atomic E-state index is -1.11. The third-order valence-electron chi connectivity index (χ3n) is 2.82. The van der Waals surface area contributed by atoms with Crippen molar-refractivity contribution in [2.75, 3.05) is 5.32 Å². The first-order chi connectivity index (χ1) is 10.9. The fraction of sp³-hybridized carbons (Fsp3) is 0.133. The van der Waals surface area contributed by atoms with E-state index in [0.29, 0.717) is 20.5 Å². The Kier molecular flexibility index (Phi) is 5.41. The van der Waals surface area contributed by atoms with Gasteiger partial charge in [0.2, 0.25) is 0 Å². The van der Waals surface area contributed by atoms with Crippen LogP contribution in [0.15, 0.2) is 42.6 Å². The second-order valence-electron chi connectivity index (χ2n) is 4.61. The molecule has 0 unspecified atom stereocenters. The van der Waals surface area contributed by atoms with Crippen LogP contribution in [0.5, 0.6) is 0 Å². The number of esters is 1. The molecule has 1 aromatic heterocycles. The van der Waals surface area contributed by atoms with Gasteiger partial charge in [-0.1, -0.05) is 23.2 Å². The number of benzene rings is 1. The van der Waals surface area contributed by atoms with E-state index in [-0.39, 0.29) is 5.69 Å². The van der Waals surface area contributed by atoms with Crippen LogP contribution in [0, 0.1) is 5.21 Å². The van der Waals surface area contributed by atoms with Crippen LogP contribution >= 0.6 is 23.2 Å². The predicted molar refractivity (Wildman–Crippen MR) is 85.4 cm³/mol. The van der Waals surface area contributed by atoms with Gasteiger partial charge in [0.1, 0.15) is 0 Å². The number of anilines is 1. The maximum Gasteiger partial charge on any atom is 0.405 e. The second-order valence-corrected chi connectivity index (χ2v) is 5.48. The first kappa shape index (κ1) is 17.1. The molecule has 120 valence electrons. The van der Waals surface area contributed by atoms with Gasteiger partial charge in [-0.25, -0.2) is 4.79 Å². The molecule has 1 aromatic carbocycles. The molecule has 0 saturated heterocycles. The van der Waals surface area contributed by atoms with Crippen molar-refractivity contribution in [3.63, 3.8) is 0 Å². The van der Waals surface area contributed by atoms with Crippen LogP contribution < -0.4 is 10.0 Å². The number of ether oxygens (including phenoxy) is 1. The van der Waals surface area contributed by atoms with Gasteiger partial charge in [0, 0.05) is 27.9 Å². The van der Waals surface area contributed by atoms with Crippen molar-refractivity contribution in [1.82, 2.24) is 0 Å². The number of carbonyl (C=O) groups excluding carboxylic acids is 2. The summed E-state index contributed by atoms with van der Waals surface area (Å²) < 4.78 is 5.34. The van der Waals surface area contributed by atoms with Crippen LogP contribution in [-0.2, 0) is 9.53 Å². The van der Waals surface area contributed by atoms with Crippen molar-refractivity contribution in [3.8, 4) is 0 Å². The fourth-order valence-corrected chi connectivity index (χ4v) is 2.26. The number of nitrogens with one attached hydrogen (secondary N) is 1. The van der Waals surface area contributed by atoms with Gasteiger partial charge in [-0.3, -0.25) is 4.79 Å². The molecule has 0 radical (unpaired) electrons. The number of halogens is 2. The molecule has 2 aromatic rings. The predicted octanol–water partition coefficient (Wildman–Crippen LogP) is 2.81. The lowest BCUT2D eigenvalue weighted by molar-refractivity contribution is -0.608. The van der Waals surface area contributed by atoms with E-state index in [2.05, 4.69) is 5.32 Å². The lowest BCUT2D eigenvalue weighted by Crippen LogP contribution is -2.37. The van der Waals surface area contributed by atoms with Crippen LogP contribution in [0.25, 0.3) is 0 Å². The lowest BCUT2D eigenvalue weighted by Gasteiger charge is -2.13. The molecule has 1 amide bonds. The lowest BCUT2D eigenvalue weighted by atomic mass is 10.3. The standard InChI is InChI=1S/C15H12Cl2N2O4/c1-9(23-15(21)13-4-2-3-5-19(13)22)14(20)18-12-7-10(16)6-11(17)8-12/h2-9H,1H3,(H,18,20)/t9-/m1/s1. The van der Waals surface area contributed by atoms with Crippen molar-refractivity contribution in [2.45, 2.75) is 13.0 Å². The molecule has 6 nitrogen and oxygen atoms in total. The van der Waals surface area contributed by atoms with Gasteiger partial charge in [0.15, 0.2) is 12.3 Å². The average Bonchev–Trinajstić information content (AvgIpc) is 2.46. The summed E-state index contributed by atoms with van der Waals surface area (Å²) in [5.74, 6) is -1.47. The average molecular weight is 355 g/mol.